The standard InChI is InChI=1S/C27H43N3O5Si/c1-26(2,3)34-25(32)30-17-22(35-36(8,9)27(4,5)6)14-23(30)24-28-20(18-31)16-29(24)15-19-10-12-21(33-7)13-11-19/h10-13,16,22-23,31H,14-15,17-18H2,1-9H3/t22-,23+/m1/s1. The van der Waals surface area contributed by atoms with E-state index in [0.29, 0.717) is 25.2 Å². The van der Waals surface area contributed by atoms with E-state index in [2.05, 4.69) is 33.9 Å². The fourth-order valence-corrected chi connectivity index (χ4v) is 5.48. The molecule has 0 unspecified atom stereocenters. The predicted octanol–water partition coefficient (Wildman–Crippen LogP) is 5.50. The van der Waals surface area contributed by atoms with Gasteiger partial charge >= 0.3 is 6.09 Å². The minimum atomic E-state index is -2.05. The van der Waals surface area contributed by atoms with Gasteiger partial charge in [-0.05, 0) is 56.6 Å². The number of carbonyl (C=O) groups is 1. The summed E-state index contributed by atoms with van der Waals surface area (Å²) in [5.41, 5.74) is 1.01. The molecule has 36 heavy (non-hydrogen) atoms. The number of hydrogen-bond acceptors (Lipinski definition) is 6. The number of aliphatic hydroxyl groups excluding tert-OH is 1. The van der Waals surface area contributed by atoms with Crippen molar-refractivity contribution in [2.45, 2.75) is 97.0 Å². The van der Waals surface area contributed by atoms with Crippen LogP contribution in [-0.4, -0.2) is 59.3 Å². The van der Waals surface area contributed by atoms with Crippen LogP contribution in [0.25, 0.3) is 0 Å². The summed E-state index contributed by atoms with van der Waals surface area (Å²) < 4.78 is 19.8. The Bertz CT molecular complexity index is 1040. The molecule has 0 bridgehead atoms. The number of benzene rings is 1. The van der Waals surface area contributed by atoms with Crippen molar-refractivity contribution in [2.75, 3.05) is 13.7 Å². The minimum Gasteiger partial charge on any atom is -0.497 e. The first-order chi connectivity index (χ1) is 16.6. The zero-order chi connectivity index (χ0) is 26.9. The molecule has 2 aromatic rings. The number of nitrogens with zero attached hydrogens (tertiary/aromatic N) is 3. The molecule has 1 aromatic heterocycles. The number of ether oxygens (including phenoxy) is 2. The van der Waals surface area contributed by atoms with Crippen LogP contribution in [0.1, 0.15) is 71.1 Å². The van der Waals surface area contributed by atoms with Crippen molar-refractivity contribution in [1.82, 2.24) is 14.5 Å². The smallest absolute Gasteiger partial charge is 0.411 e. The number of aromatic nitrogens is 2. The average molecular weight is 518 g/mol. The van der Waals surface area contributed by atoms with Gasteiger partial charge in [-0.2, -0.15) is 0 Å². The lowest BCUT2D eigenvalue weighted by Crippen LogP contribution is -2.45. The molecule has 0 saturated carbocycles. The van der Waals surface area contributed by atoms with E-state index in [9.17, 15) is 9.90 Å². The van der Waals surface area contributed by atoms with Crippen LogP contribution in [0.3, 0.4) is 0 Å². The number of amides is 1. The minimum absolute atomic E-state index is 0.0543. The molecule has 1 saturated heterocycles. The largest absolute Gasteiger partial charge is 0.497 e. The van der Waals surface area contributed by atoms with Crippen LogP contribution in [-0.2, 0) is 22.3 Å². The van der Waals surface area contributed by atoms with Crippen molar-refractivity contribution >= 4 is 14.4 Å². The molecule has 2 atom stereocenters. The number of methoxy groups -OCH3 is 1. The number of carbonyl (C=O) groups excluding carboxylic acids is 1. The summed E-state index contributed by atoms with van der Waals surface area (Å²) in [7, 11) is -0.412. The Hall–Kier alpha value is -2.36. The Morgan fingerprint density at radius 2 is 1.78 bits per heavy atom. The van der Waals surface area contributed by atoms with Gasteiger partial charge in [-0.3, -0.25) is 4.90 Å². The maximum Gasteiger partial charge on any atom is 0.411 e. The normalized spacial score (nSPS) is 19.0. The first kappa shape index (κ1) is 28.2. The zero-order valence-corrected chi connectivity index (χ0v) is 24.3. The van der Waals surface area contributed by atoms with E-state index < -0.39 is 13.9 Å². The summed E-state index contributed by atoms with van der Waals surface area (Å²) in [5, 5.41) is 9.91. The van der Waals surface area contributed by atoms with E-state index in [1.807, 2.05) is 55.8 Å². The Labute approximate surface area is 216 Å². The third-order valence-electron chi connectivity index (χ3n) is 6.99. The summed E-state index contributed by atoms with van der Waals surface area (Å²) in [6.45, 7) is 17.5. The molecule has 1 N–H and O–H groups in total. The Morgan fingerprint density at radius 3 is 2.31 bits per heavy atom. The van der Waals surface area contributed by atoms with Gasteiger partial charge in [0.15, 0.2) is 8.32 Å². The number of hydrogen-bond donors (Lipinski definition) is 1. The lowest BCUT2D eigenvalue weighted by Gasteiger charge is -2.38. The van der Waals surface area contributed by atoms with Gasteiger partial charge in [0, 0.05) is 25.7 Å². The monoisotopic (exact) mass is 517 g/mol. The van der Waals surface area contributed by atoms with Gasteiger partial charge < -0.3 is 23.6 Å². The van der Waals surface area contributed by atoms with Crippen molar-refractivity contribution in [1.29, 1.82) is 0 Å². The molecular formula is C27H43N3O5Si. The second-order valence-electron chi connectivity index (χ2n) is 12.1. The lowest BCUT2D eigenvalue weighted by molar-refractivity contribution is 0.0201. The van der Waals surface area contributed by atoms with E-state index in [-0.39, 0.29) is 29.9 Å². The zero-order valence-electron chi connectivity index (χ0n) is 23.3. The van der Waals surface area contributed by atoms with Crippen molar-refractivity contribution in [3.05, 3.63) is 47.5 Å². The van der Waals surface area contributed by atoms with Crippen molar-refractivity contribution < 1.29 is 23.8 Å². The lowest BCUT2D eigenvalue weighted by atomic mass is 10.1. The van der Waals surface area contributed by atoms with Gasteiger partial charge in [0.2, 0.25) is 0 Å². The highest BCUT2D eigenvalue weighted by atomic mass is 28.4. The highest BCUT2D eigenvalue weighted by Gasteiger charge is 2.46. The third-order valence-corrected chi connectivity index (χ3v) is 11.5. The summed E-state index contributed by atoms with van der Waals surface area (Å²) in [5.74, 6) is 1.51. The number of imidazole rings is 1. The average Bonchev–Trinajstić information content (AvgIpc) is 3.35. The van der Waals surface area contributed by atoms with Gasteiger partial charge in [0.1, 0.15) is 17.2 Å². The first-order valence-electron chi connectivity index (χ1n) is 12.6. The number of rotatable bonds is 7. The number of likely N-dealkylation sites (tertiary alicyclic amines) is 1. The third kappa shape index (κ3) is 6.69. The Morgan fingerprint density at radius 1 is 1.14 bits per heavy atom. The van der Waals surface area contributed by atoms with Gasteiger partial charge in [-0.1, -0.05) is 32.9 Å². The van der Waals surface area contributed by atoms with E-state index in [1.54, 1.807) is 12.0 Å². The summed E-state index contributed by atoms with van der Waals surface area (Å²) >= 11 is 0. The Kier molecular flexibility index (Phi) is 8.27. The summed E-state index contributed by atoms with van der Waals surface area (Å²) in [4.78, 5) is 19.8. The fourth-order valence-electron chi connectivity index (χ4n) is 4.13. The molecule has 3 rings (SSSR count). The molecule has 8 nitrogen and oxygen atoms in total. The Balaban J connectivity index is 1.95. The van der Waals surface area contributed by atoms with Crippen LogP contribution >= 0.6 is 0 Å². The fraction of sp³-hybridized carbons (Fsp3) is 0.630. The highest BCUT2D eigenvalue weighted by molar-refractivity contribution is 6.74. The molecule has 0 aliphatic carbocycles. The highest BCUT2D eigenvalue weighted by Crippen LogP contribution is 2.41. The van der Waals surface area contributed by atoms with Gasteiger partial charge in [0.05, 0.1) is 31.6 Å². The van der Waals surface area contributed by atoms with E-state index in [0.717, 1.165) is 17.1 Å². The molecule has 9 heteroatoms. The molecule has 1 amide bonds. The molecule has 1 fully saturated rings. The van der Waals surface area contributed by atoms with Crippen LogP contribution in [0, 0.1) is 0 Å². The first-order valence-corrected chi connectivity index (χ1v) is 15.5. The molecule has 0 radical (unpaired) electrons. The second kappa shape index (κ2) is 10.6. The van der Waals surface area contributed by atoms with Crippen LogP contribution in [0.2, 0.25) is 18.1 Å². The summed E-state index contributed by atoms with van der Waals surface area (Å²) in [6.07, 6.45) is 1.98. The second-order valence-corrected chi connectivity index (χ2v) is 16.9. The molecule has 1 aliphatic rings. The van der Waals surface area contributed by atoms with Crippen LogP contribution < -0.4 is 4.74 Å². The van der Waals surface area contributed by atoms with Crippen molar-refractivity contribution in [2.24, 2.45) is 0 Å². The molecule has 2 heterocycles. The molecule has 0 spiro atoms. The molecule has 1 aliphatic heterocycles. The van der Waals surface area contributed by atoms with E-state index >= 15 is 0 Å². The van der Waals surface area contributed by atoms with Crippen LogP contribution in [0.4, 0.5) is 4.79 Å². The van der Waals surface area contributed by atoms with Gasteiger partial charge in [-0.25, -0.2) is 9.78 Å². The number of aliphatic hydroxyl groups is 1. The van der Waals surface area contributed by atoms with Gasteiger partial charge in [0.25, 0.3) is 0 Å². The van der Waals surface area contributed by atoms with Crippen LogP contribution in [0.15, 0.2) is 30.5 Å². The predicted molar refractivity (Wildman–Crippen MR) is 143 cm³/mol. The van der Waals surface area contributed by atoms with Gasteiger partial charge in [-0.15, -0.1) is 0 Å². The van der Waals surface area contributed by atoms with Crippen molar-refractivity contribution in [3.8, 4) is 5.75 Å². The summed E-state index contributed by atoms with van der Waals surface area (Å²) in [6, 6.07) is 7.53. The topological polar surface area (TPSA) is 86.1 Å². The maximum atomic E-state index is 13.3. The SMILES string of the molecule is COc1ccc(Cn2cc(CO)nc2[C@@H]2C[C@@H](O[Si](C)(C)C(C)(C)C)CN2C(=O)OC(C)(C)C)cc1. The molecule has 200 valence electrons. The quantitative estimate of drug-likeness (QED) is 0.488. The van der Waals surface area contributed by atoms with E-state index in [1.165, 1.54) is 0 Å². The molecule has 1 aromatic carbocycles. The molecular weight excluding hydrogens is 474 g/mol. The van der Waals surface area contributed by atoms with Crippen molar-refractivity contribution in [3.63, 3.8) is 0 Å². The maximum absolute atomic E-state index is 13.3. The van der Waals surface area contributed by atoms with E-state index in [4.69, 9.17) is 18.9 Å². The van der Waals surface area contributed by atoms with Crippen LogP contribution in [0.5, 0.6) is 5.75 Å².